The molecule has 1 aliphatic heterocycles. The lowest BCUT2D eigenvalue weighted by atomic mass is 10.1. The van der Waals surface area contributed by atoms with Crippen LogP contribution in [-0.2, 0) is 9.63 Å². The van der Waals surface area contributed by atoms with E-state index in [2.05, 4.69) is 15.5 Å². The van der Waals surface area contributed by atoms with Crippen LogP contribution in [0.4, 0.5) is 5.69 Å². The zero-order chi connectivity index (χ0) is 15.4. The highest BCUT2D eigenvalue weighted by atomic mass is 127. The first-order chi connectivity index (χ1) is 10.8. The van der Waals surface area contributed by atoms with Gasteiger partial charge in [-0.2, -0.15) is 0 Å². The second-order valence-corrected chi connectivity index (χ2v) is 5.11. The van der Waals surface area contributed by atoms with Crippen molar-refractivity contribution in [1.29, 1.82) is 0 Å². The Morgan fingerprint density at radius 2 is 2.14 bits per heavy atom. The zero-order valence-corrected chi connectivity index (χ0v) is 13.6. The van der Waals surface area contributed by atoms with E-state index in [0.29, 0.717) is 12.1 Å². The molecule has 3 rings (SSSR count). The summed E-state index contributed by atoms with van der Waals surface area (Å²) in [7, 11) is 0. The fourth-order valence-corrected chi connectivity index (χ4v) is 2.33. The first-order valence-corrected chi connectivity index (χ1v) is 7.47. The summed E-state index contributed by atoms with van der Waals surface area (Å²) in [6, 6.07) is 10.8. The maximum atomic E-state index is 12.2. The van der Waals surface area contributed by atoms with Gasteiger partial charge in [-0.3, -0.25) is 9.78 Å². The summed E-state index contributed by atoms with van der Waals surface area (Å²) < 4.78 is 5.05. The third kappa shape index (κ3) is 3.35. The molecule has 1 aromatic heterocycles. The maximum absolute atomic E-state index is 12.2. The number of nitrogens with one attached hydrogen (secondary N) is 1. The van der Waals surface area contributed by atoms with E-state index in [0.717, 1.165) is 17.0 Å². The summed E-state index contributed by atoms with van der Waals surface area (Å²) >= 11 is 1.80. The minimum Gasteiger partial charge on any atom is -0.428 e. The number of carbonyl (C=O) groups is 1. The lowest BCUT2D eigenvalue weighted by molar-refractivity contribution is -0.125. The number of benzene rings is 1. The molecule has 112 valence electrons. The Bertz CT molecular complexity index is 689. The van der Waals surface area contributed by atoms with E-state index in [1.54, 1.807) is 59.7 Å². The van der Waals surface area contributed by atoms with Gasteiger partial charge in [-0.25, -0.2) is 0 Å². The van der Waals surface area contributed by atoms with Crippen molar-refractivity contribution in [3.63, 3.8) is 0 Å². The predicted octanol–water partition coefficient (Wildman–Crippen LogP) is 2.94. The van der Waals surface area contributed by atoms with Gasteiger partial charge in [-0.1, -0.05) is 5.16 Å². The van der Waals surface area contributed by atoms with Crippen LogP contribution in [-0.4, -0.2) is 22.7 Å². The summed E-state index contributed by atoms with van der Waals surface area (Å²) in [5, 5.41) is 6.77. The van der Waals surface area contributed by atoms with Gasteiger partial charge in [-0.05, 0) is 36.4 Å². The third-order valence-electron chi connectivity index (χ3n) is 3.17. The van der Waals surface area contributed by atoms with Gasteiger partial charge in [0, 0.05) is 30.1 Å². The second kappa shape index (κ2) is 6.73. The molecule has 1 atom stereocenters. The molecule has 0 radical (unpaired) electrons. The van der Waals surface area contributed by atoms with E-state index in [4.69, 9.17) is 7.90 Å². The van der Waals surface area contributed by atoms with Crippen molar-refractivity contribution in [2.24, 2.45) is 5.16 Å². The van der Waals surface area contributed by atoms with Crippen LogP contribution in [0.15, 0.2) is 53.9 Å². The number of carbonyl (C=O) groups excluding carboxylic acids is 1. The van der Waals surface area contributed by atoms with Gasteiger partial charge < -0.3 is 13.2 Å². The largest absolute Gasteiger partial charge is 0.428 e. The van der Waals surface area contributed by atoms with Crippen molar-refractivity contribution in [1.82, 2.24) is 4.98 Å². The minimum absolute atomic E-state index is 0.231. The molecule has 1 N–H and O–H groups in total. The van der Waals surface area contributed by atoms with Crippen LogP contribution in [0.1, 0.15) is 12.0 Å². The van der Waals surface area contributed by atoms with E-state index in [-0.39, 0.29) is 5.91 Å². The van der Waals surface area contributed by atoms with E-state index >= 15 is 0 Å². The Kier molecular flexibility index (Phi) is 4.52. The number of halogens is 1. The van der Waals surface area contributed by atoms with Crippen LogP contribution in [0.25, 0.3) is 0 Å². The van der Waals surface area contributed by atoms with E-state index in [1.807, 2.05) is 12.1 Å². The van der Waals surface area contributed by atoms with Gasteiger partial charge in [-0.15, -0.1) is 0 Å². The molecule has 1 aliphatic rings. The lowest BCUT2D eigenvalue weighted by Gasteiger charge is -2.09. The molecule has 0 saturated heterocycles. The number of hydrogen-bond acceptors (Lipinski definition) is 5. The number of anilines is 1. The molecule has 0 fully saturated rings. The van der Waals surface area contributed by atoms with Gasteiger partial charge >= 0.3 is 0 Å². The topological polar surface area (TPSA) is 72.8 Å². The summed E-state index contributed by atoms with van der Waals surface area (Å²) in [4.78, 5) is 21.4. The van der Waals surface area contributed by atoms with Crippen LogP contribution in [0.2, 0.25) is 0 Å². The highest BCUT2D eigenvalue weighted by molar-refractivity contribution is 14.1. The molecule has 1 unspecified atom stereocenters. The Morgan fingerprint density at radius 3 is 2.82 bits per heavy atom. The van der Waals surface area contributed by atoms with Crippen molar-refractivity contribution >= 4 is 40.3 Å². The third-order valence-corrected chi connectivity index (χ3v) is 3.68. The number of nitrogens with zero attached hydrogens (tertiary/aromatic N) is 2. The molecule has 2 aromatic rings. The van der Waals surface area contributed by atoms with Gasteiger partial charge in [0.15, 0.2) is 23.0 Å². The average Bonchev–Trinajstić information content (AvgIpc) is 3.06. The van der Waals surface area contributed by atoms with Crippen LogP contribution in [0.5, 0.6) is 5.75 Å². The standard InChI is InChI=1S/C15H12IN3O3/c16-21-12-5-3-11(4-6-12)18-15(20)14-8-13(19-22-14)10-2-1-7-17-9-10/h1-7,9,14H,8H2,(H,18,20). The lowest BCUT2D eigenvalue weighted by Crippen LogP contribution is -2.28. The number of pyridine rings is 1. The molecule has 0 bridgehead atoms. The minimum atomic E-state index is -0.629. The molecular formula is C15H12IN3O3. The molecule has 6 nitrogen and oxygen atoms in total. The van der Waals surface area contributed by atoms with E-state index in [9.17, 15) is 4.79 Å². The zero-order valence-electron chi connectivity index (χ0n) is 11.4. The van der Waals surface area contributed by atoms with Crippen molar-refractivity contribution in [3.8, 4) is 5.75 Å². The molecule has 2 heterocycles. The molecule has 22 heavy (non-hydrogen) atoms. The SMILES string of the molecule is O=C(Nc1ccc(OI)cc1)C1CC(c2cccnc2)=NO1. The number of oxime groups is 1. The summed E-state index contributed by atoms with van der Waals surface area (Å²) in [6.45, 7) is 0. The Labute approximate surface area is 141 Å². The predicted molar refractivity (Wildman–Crippen MR) is 90.0 cm³/mol. The van der Waals surface area contributed by atoms with Crippen molar-refractivity contribution in [3.05, 3.63) is 54.4 Å². The summed E-state index contributed by atoms with van der Waals surface area (Å²) in [6.07, 6.45) is 3.18. The Balaban J connectivity index is 1.60. The second-order valence-electron chi connectivity index (χ2n) is 4.67. The van der Waals surface area contributed by atoms with Crippen LogP contribution in [0.3, 0.4) is 0 Å². The first-order valence-electron chi connectivity index (χ1n) is 6.59. The molecule has 7 heteroatoms. The van der Waals surface area contributed by atoms with Gasteiger partial charge in [0.25, 0.3) is 5.91 Å². The smallest absolute Gasteiger partial charge is 0.268 e. The maximum Gasteiger partial charge on any atom is 0.268 e. The highest BCUT2D eigenvalue weighted by Gasteiger charge is 2.28. The number of rotatable bonds is 4. The Hall–Kier alpha value is -2.16. The summed E-state index contributed by atoms with van der Waals surface area (Å²) in [5.74, 6) is 0.490. The molecule has 0 aliphatic carbocycles. The van der Waals surface area contributed by atoms with Crippen molar-refractivity contribution in [2.75, 3.05) is 5.32 Å². The van der Waals surface area contributed by atoms with Crippen molar-refractivity contribution in [2.45, 2.75) is 12.5 Å². The first kappa shape index (κ1) is 14.8. The molecule has 1 amide bonds. The molecular weight excluding hydrogens is 397 g/mol. The van der Waals surface area contributed by atoms with Gasteiger partial charge in [0.05, 0.1) is 5.71 Å². The van der Waals surface area contributed by atoms with Crippen LogP contribution >= 0.6 is 23.0 Å². The average molecular weight is 409 g/mol. The number of aromatic nitrogens is 1. The molecule has 0 spiro atoms. The normalized spacial score (nSPS) is 16.6. The van der Waals surface area contributed by atoms with E-state index in [1.165, 1.54) is 0 Å². The number of amides is 1. The van der Waals surface area contributed by atoms with E-state index < -0.39 is 6.10 Å². The quantitative estimate of drug-likeness (QED) is 0.789. The fraction of sp³-hybridized carbons (Fsp3) is 0.133. The monoisotopic (exact) mass is 409 g/mol. The van der Waals surface area contributed by atoms with Crippen LogP contribution in [0, 0.1) is 0 Å². The van der Waals surface area contributed by atoms with Crippen LogP contribution < -0.4 is 8.38 Å². The molecule has 0 saturated carbocycles. The fourth-order valence-electron chi connectivity index (χ4n) is 2.03. The van der Waals surface area contributed by atoms with Crippen molar-refractivity contribution < 1.29 is 12.7 Å². The summed E-state index contributed by atoms with van der Waals surface area (Å²) in [5.41, 5.74) is 2.27. The molecule has 1 aromatic carbocycles. The highest BCUT2D eigenvalue weighted by Crippen LogP contribution is 2.20. The number of hydrogen-bond donors (Lipinski definition) is 1. The Morgan fingerprint density at radius 1 is 1.32 bits per heavy atom. The van der Waals surface area contributed by atoms with Gasteiger partial charge in [0.1, 0.15) is 5.75 Å². The van der Waals surface area contributed by atoms with Gasteiger partial charge in [0.2, 0.25) is 6.10 Å².